The first-order chi connectivity index (χ1) is 9.24. The van der Waals surface area contributed by atoms with Gasteiger partial charge in [0, 0.05) is 19.0 Å². The quantitative estimate of drug-likeness (QED) is 0.816. The van der Waals surface area contributed by atoms with E-state index < -0.39 is 0 Å². The van der Waals surface area contributed by atoms with E-state index in [9.17, 15) is 9.59 Å². The number of carbonyl (C=O) groups excluding carboxylic acids is 2. The maximum Gasteiger partial charge on any atom is 0.246 e. The zero-order chi connectivity index (χ0) is 13.5. The zero-order valence-electron chi connectivity index (χ0n) is 10.7. The number of nitrogens with one attached hydrogen (secondary N) is 2. The highest BCUT2D eigenvalue weighted by molar-refractivity contribution is 5.79. The van der Waals surface area contributed by atoms with Crippen molar-refractivity contribution in [1.29, 1.82) is 0 Å². The molecule has 5 heteroatoms. The Bertz CT molecular complexity index is 424. The first-order valence-corrected chi connectivity index (χ1v) is 6.42. The van der Waals surface area contributed by atoms with E-state index >= 15 is 0 Å². The number of hydrogen-bond donors (Lipinski definition) is 2. The number of piperidine rings is 1. The van der Waals surface area contributed by atoms with E-state index in [0.717, 1.165) is 5.56 Å². The molecule has 0 radical (unpaired) electrons. The van der Waals surface area contributed by atoms with E-state index in [2.05, 4.69) is 10.6 Å². The predicted molar refractivity (Wildman–Crippen MR) is 70.3 cm³/mol. The standard InChI is InChI=1S/C14H18N2O3/c17-13-7-6-12(8-15-13)16-14(18)10-19-9-11-4-2-1-3-5-11/h1-5,12H,6-10H2,(H,15,17)(H,16,18). The van der Waals surface area contributed by atoms with Gasteiger partial charge < -0.3 is 15.4 Å². The average molecular weight is 262 g/mol. The lowest BCUT2D eigenvalue weighted by molar-refractivity contribution is -0.128. The molecule has 0 aromatic heterocycles. The van der Waals surface area contributed by atoms with Gasteiger partial charge in [0.15, 0.2) is 0 Å². The summed E-state index contributed by atoms with van der Waals surface area (Å²) in [4.78, 5) is 22.6. The molecule has 0 saturated carbocycles. The van der Waals surface area contributed by atoms with Crippen LogP contribution < -0.4 is 10.6 Å². The fourth-order valence-corrected chi connectivity index (χ4v) is 1.96. The Kier molecular flexibility index (Phi) is 4.92. The van der Waals surface area contributed by atoms with Crippen LogP contribution in [0.25, 0.3) is 0 Å². The van der Waals surface area contributed by atoms with Crippen LogP contribution in [0.15, 0.2) is 30.3 Å². The Morgan fingerprint density at radius 1 is 1.37 bits per heavy atom. The van der Waals surface area contributed by atoms with Gasteiger partial charge in [-0.2, -0.15) is 0 Å². The van der Waals surface area contributed by atoms with Crippen molar-refractivity contribution in [2.45, 2.75) is 25.5 Å². The molecule has 2 N–H and O–H groups in total. The molecule has 0 bridgehead atoms. The molecule has 0 spiro atoms. The summed E-state index contributed by atoms with van der Waals surface area (Å²) in [5.74, 6) is -0.0945. The summed E-state index contributed by atoms with van der Waals surface area (Å²) < 4.78 is 5.34. The van der Waals surface area contributed by atoms with Crippen molar-refractivity contribution >= 4 is 11.8 Å². The molecule has 1 heterocycles. The summed E-state index contributed by atoms with van der Waals surface area (Å²) in [6.45, 7) is 0.970. The van der Waals surface area contributed by atoms with E-state index in [4.69, 9.17) is 4.74 Å². The molecule has 1 atom stereocenters. The first-order valence-electron chi connectivity index (χ1n) is 6.42. The second kappa shape index (κ2) is 6.89. The fraction of sp³-hybridized carbons (Fsp3) is 0.429. The van der Waals surface area contributed by atoms with Gasteiger partial charge in [-0.05, 0) is 12.0 Å². The lowest BCUT2D eigenvalue weighted by Gasteiger charge is -2.23. The highest BCUT2D eigenvalue weighted by Crippen LogP contribution is 2.03. The van der Waals surface area contributed by atoms with Gasteiger partial charge in [0.1, 0.15) is 6.61 Å². The van der Waals surface area contributed by atoms with Crippen molar-refractivity contribution in [2.24, 2.45) is 0 Å². The summed E-state index contributed by atoms with van der Waals surface area (Å²) in [5, 5.41) is 5.57. The Balaban J connectivity index is 1.63. The van der Waals surface area contributed by atoms with Crippen LogP contribution in [0.1, 0.15) is 18.4 Å². The predicted octanol–water partition coefficient (Wildman–Crippen LogP) is 0.598. The van der Waals surface area contributed by atoms with Gasteiger partial charge in [-0.25, -0.2) is 0 Å². The molecular weight excluding hydrogens is 244 g/mol. The molecule has 0 aliphatic carbocycles. The smallest absolute Gasteiger partial charge is 0.246 e. The lowest BCUT2D eigenvalue weighted by Crippen LogP contribution is -2.48. The molecule has 19 heavy (non-hydrogen) atoms. The van der Waals surface area contributed by atoms with Crippen LogP contribution in [0, 0.1) is 0 Å². The Morgan fingerprint density at radius 2 is 2.16 bits per heavy atom. The summed E-state index contributed by atoms with van der Waals surface area (Å²) in [6, 6.07) is 9.73. The van der Waals surface area contributed by atoms with E-state index in [1.165, 1.54) is 0 Å². The molecule has 1 aromatic rings. The number of benzene rings is 1. The summed E-state index contributed by atoms with van der Waals surface area (Å²) in [5.41, 5.74) is 1.04. The fourth-order valence-electron chi connectivity index (χ4n) is 1.96. The SMILES string of the molecule is O=C1CCC(NC(=O)COCc2ccccc2)CN1. The Labute approximate surface area is 112 Å². The van der Waals surface area contributed by atoms with Crippen molar-refractivity contribution < 1.29 is 14.3 Å². The average Bonchev–Trinajstić information content (AvgIpc) is 2.43. The molecule has 1 saturated heterocycles. The molecule has 5 nitrogen and oxygen atoms in total. The van der Waals surface area contributed by atoms with E-state index in [0.29, 0.717) is 26.0 Å². The largest absolute Gasteiger partial charge is 0.367 e. The van der Waals surface area contributed by atoms with Crippen LogP contribution in [0.4, 0.5) is 0 Å². The van der Waals surface area contributed by atoms with Crippen LogP contribution in [-0.2, 0) is 20.9 Å². The number of rotatable bonds is 5. The molecule has 1 unspecified atom stereocenters. The number of amides is 2. The van der Waals surface area contributed by atoms with E-state index in [1.54, 1.807) is 0 Å². The van der Waals surface area contributed by atoms with Gasteiger partial charge in [0.2, 0.25) is 11.8 Å². The first kappa shape index (κ1) is 13.5. The van der Waals surface area contributed by atoms with Crippen LogP contribution in [-0.4, -0.2) is 31.0 Å². The van der Waals surface area contributed by atoms with Gasteiger partial charge in [-0.15, -0.1) is 0 Å². The van der Waals surface area contributed by atoms with E-state index in [-0.39, 0.29) is 24.5 Å². The second-order valence-corrected chi connectivity index (χ2v) is 4.59. The lowest BCUT2D eigenvalue weighted by atomic mass is 10.1. The van der Waals surface area contributed by atoms with Crippen molar-refractivity contribution in [3.63, 3.8) is 0 Å². The summed E-state index contributed by atoms with van der Waals surface area (Å²) in [7, 11) is 0. The van der Waals surface area contributed by atoms with E-state index in [1.807, 2.05) is 30.3 Å². The zero-order valence-corrected chi connectivity index (χ0v) is 10.7. The number of carbonyl (C=O) groups is 2. The third-order valence-corrected chi connectivity index (χ3v) is 2.98. The third-order valence-electron chi connectivity index (χ3n) is 2.98. The van der Waals surface area contributed by atoms with Crippen LogP contribution >= 0.6 is 0 Å². The maximum absolute atomic E-state index is 11.6. The van der Waals surface area contributed by atoms with Gasteiger partial charge in [0.25, 0.3) is 0 Å². The minimum Gasteiger partial charge on any atom is -0.367 e. The van der Waals surface area contributed by atoms with Crippen LogP contribution in [0.3, 0.4) is 0 Å². The third kappa shape index (κ3) is 4.71. The van der Waals surface area contributed by atoms with Gasteiger partial charge in [-0.1, -0.05) is 30.3 Å². The van der Waals surface area contributed by atoms with Crippen molar-refractivity contribution in [3.05, 3.63) is 35.9 Å². The minimum atomic E-state index is -0.142. The van der Waals surface area contributed by atoms with Crippen LogP contribution in [0.2, 0.25) is 0 Å². The Hall–Kier alpha value is -1.88. The highest BCUT2D eigenvalue weighted by atomic mass is 16.5. The second-order valence-electron chi connectivity index (χ2n) is 4.59. The normalized spacial score (nSPS) is 18.7. The summed E-state index contributed by atoms with van der Waals surface area (Å²) in [6.07, 6.45) is 1.16. The molecule has 2 amide bonds. The minimum absolute atomic E-state index is 0.0190. The number of ether oxygens (including phenoxy) is 1. The monoisotopic (exact) mass is 262 g/mol. The summed E-state index contributed by atoms with van der Waals surface area (Å²) >= 11 is 0. The topological polar surface area (TPSA) is 67.4 Å². The molecule has 102 valence electrons. The van der Waals surface area contributed by atoms with Crippen LogP contribution in [0.5, 0.6) is 0 Å². The molecular formula is C14H18N2O3. The maximum atomic E-state index is 11.6. The number of hydrogen-bond acceptors (Lipinski definition) is 3. The molecule has 1 aromatic carbocycles. The van der Waals surface area contributed by atoms with Gasteiger partial charge in [-0.3, -0.25) is 9.59 Å². The van der Waals surface area contributed by atoms with Crippen molar-refractivity contribution in [3.8, 4) is 0 Å². The van der Waals surface area contributed by atoms with Gasteiger partial charge in [0.05, 0.1) is 6.61 Å². The highest BCUT2D eigenvalue weighted by Gasteiger charge is 2.19. The molecule has 1 aliphatic rings. The molecule has 1 aliphatic heterocycles. The Morgan fingerprint density at radius 3 is 2.84 bits per heavy atom. The van der Waals surface area contributed by atoms with Gasteiger partial charge >= 0.3 is 0 Å². The molecule has 1 fully saturated rings. The van der Waals surface area contributed by atoms with Crippen molar-refractivity contribution in [2.75, 3.05) is 13.2 Å². The molecule has 2 rings (SSSR count). The van der Waals surface area contributed by atoms with Crippen molar-refractivity contribution in [1.82, 2.24) is 10.6 Å².